The third-order valence-electron chi connectivity index (χ3n) is 4.11. The van der Waals surface area contributed by atoms with Crippen molar-refractivity contribution in [2.75, 3.05) is 0 Å². The number of hydrogen-bond acceptors (Lipinski definition) is 3. The summed E-state index contributed by atoms with van der Waals surface area (Å²) in [6, 6.07) is 14.1. The first kappa shape index (κ1) is 17.4. The summed E-state index contributed by atoms with van der Waals surface area (Å²) < 4.78 is 0. The maximum Gasteiger partial charge on any atom is 0.221 e. The normalized spacial score (nSPS) is 18.2. The number of nitrogens with one attached hydrogen (secondary N) is 1. The van der Waals surface area contributed by atoms with Crippen LogP contribution in [0.15, 0.2) is 53.5 Å². The molecule has 0 saturated carbocycles. The molecule has 0 fully saturated rings. The zero-order valence-corrected chi connectivity index (χ0v) is 14.9. The molecule has 4 nitrogen and oxygen atoms in total. The van der Waals surface area contributed by atoms with Crippen LogP contribution in [-0.4, -0.2) is 17.9 Å². The number of fused-ring (bicyclic) bond motifs is 1. The fourth-order valence-corrected chi connectivity index (χ4v) is 3.14. The van der Waals surface area contributed by atoms with Gasteiger partial charge in [-0.1, -0.05) is 61.8 Å². The van der Waals surface area contributed by atoms with Crippen LogP contribution in [-0.2, 0) is 10.3 Å². The van der Waals surface area contributed by atoms with Crippen molar-refractivity contribution in [3.05, 3.63) is 64.7 Å². The molecule has 1 aliphatic heterocycles. The van der Waals surface area contributed by atoms with E-state index in [1.54, 1.807) is 42.5 Å². The zero-order valence-electron chi connectivity index (χ0n) is 14.1. The lowest BCUT2D eigenvalue weighted by Crippen LogP contribution is -2.52. The van der Waals surface area contributed by atoms with E-state index in [4.69, 9.17) is 11.6 Å². The predicted octanol–water partition coefficient (Wildman–Crippen LogP) is 4.30. The van der Waals surface area contributed by atoms with Gasteiger partial charge in [-0.15, -0.1) is 0 Å². The Balaban J connectivity index is 2.07. The van der Waals surface area contributed by atoms with Gasteiger partial charge in [-0.3, -0.25) is 14.6 Å². The van der Waals surface area contributed by atoms with E-state index in [0.29, 0.717) is 28.3 Å². The van der Waals surface area contributed by atoms with Gasteiger partial charge in [-0.05, 0) is 18.1 Å². The Labute approximate surface area is 151 Å². The zero-order chi connectivity index (χ0) is 18.0. The highest BCUT2D eigenvalue weighted by molar-refractivity contribution is 6.31. The molecule has 1 atom stereocenters. The number of benzene rings is 2. The highest BCUT2D eigenvalue weighted by Crippen LogP contribution is 2.39. The standard InChI is InChI=1S/C20H19ClN2O2/c1-13(2)10-18(24)23-20(19(25)14-6-4-3-5-7-14)12-22-17-11-15(21)8-9-16(17)20/h3-9,11-13H,10H2,1-2H3,(H,23,24). The Hall–Kier alpha value is -2.46. The highest BCUT2D eigenvalue weighted by Gasteiger charge is 2.45. The van der Waals surface area contributed by atoms with Crippen LogP contribution < -0.4 is 5.32 Å². The van der Waals surface area contributed by atoms with Gasteiger partial charge in [0.25, 0.3) is 0 Å². The maximum atomic E-state index is 13.3. The minimum Gasteiger partial charge on any atom is -0.335 e. The van der Waals surface area contributed by atoms with Crippen molar-refractivity contribution in [2.24, 2.45) is 10.9 Å². The van der Waals surface area contributed by atoms with E-state index in [-0.39, 0.29) is 17.6 Å². The summed E-state index contributed by atoms with van der Waals surface area (Å²) in [5.74, 6) is -0.213. The van der Waals surface area contributed by atoms with Crippen LogP contribution >= 0.6 is 11.6 Å². The average Bonchev–Trinajstić information content (AvgIpc) is 2.93. The predicted molar refractivity (Wildman–Crippen MR) is 99.7 cm³/mol. The minimum absolute atomic E-state index is 0.187. The molecule has 1 N–H and O–H groups in total. The van der Waals surface area contributed by atoms with E-state index >= 15 is 0 Å². The molecule has 0 saturated heterocycles. The van der Waals surface area contributed by atoms with Crippen LogP contribution in [0.5, 0.6) is 0 Å². The Kier molecular flexibility index (Phi) is 4.73. The van der Waals surface area contributed by atoms with Crippen LogP contribution in [0.4, 0.5) is 5.69 Å². The minimum atomic E-state index is -1.30. The summed E-state index contributed by atoms with van der Waals surface area (Å²) >= 11 is 6.04. The molecule has 1 aliphatic rings. The van der Waals surface area contributed by atoms with E-state index in [1.807, 2.05) is 19.9 Å². The number of carbonyl (C=O) groups is 2. The number of amides is 1. The molecule has 25 heavy (non-hydrogen) atoms. The van der Waals surface area contributed by atoms with Crippen molar-refractivity contribution >= 4 is 35.2 Å². The summed E-state index contributed by atoms with van der Waals surface area (Å²) in [7, 11) is 0. The van der Waals surface area contributed by atoms with Crippen molar-refractivity contribution in [3.63, 3.8) is 0 Å². The lowest BCUT2D eigenvalue weighted by Gasteiger charge is -2.28. The highest BCUT2D eigenvalue weighted by atomic mass is 35.5. The first-order chi connectivity index (χ1) is 11.9. The Morgan fingerprint density at radius 1 is 1.16 bits per heavy atom. The maximum absolute atomic E-state index is 13.3. The third-order valence-corrected chi connectivity index (χ3v) is 4.34. The molecular weight excluding hydrogens is 336 g/mol. The molecule has 2 aromatic carbocycles. The van der Waals surface area contributed by atoms with Gasteiger partial charge in [0.05, 0.1) is 5.69 Å². The average molecular weight is 355 g/mol. The lowest BCUT2D eigenvalue weighted by molar-refractivity contribution is -0.122. The number of Topliss-reactive ketones (excluding diaryl/α,β-unsaturated/α-hetero) is 1. The van der Waals surface area contributed by atoms with Gasteiger partial charge in [0, 0.05) is 28.8 Å². The topological polar surface area (TPSA) is 58.5 Å². The SMILES string of the molecule is CC(C)CC(=O)NC1(C(=O)c2ccccc2)C=Nc2cc(Cl)ccc21. The summed E-state index contributed by atoms with van der Waals surface area (Å²) in [5, 5.41) is 3.45. The van der Waals surface area contributed by atoms with Gasteiger partial charge in [-0.25, -0.2) is 0 Å². The smallest absolute Gasteiger partial charge is 0.221 e. The number of carbonyl (C=O) groups excluding carboxylic acids is 2. The molecule has 5 heteroatoms. The molecule has 128 valence electrons. The second-order valence-corrected chi connectivity index (χ2v) is 7.01. The van der Waals surface area contributed by atoms with Crippen LogP contribution in [0.25, 0.3) is 0 Å². The van der Waals surface area contributed by atoms with Crippen LogP contribution in [0.2, 0.25) is 5.02 Å². The van der Waals surface area contributed by atoms with Crippen molar-refractivity contribution < 1.29 is 9.59 Å². The fourth-order valence-electron chi connectivity index (χ4n) is 2.98. The van der Waals surface area contributed by atoms with Gasteiger partial charge in [0.15, 0.2) is 11.3 Å². The molecule has 1 amide bonds. The first-order valence-electron chi connectivity index (χ1n) is 8.18. The van der Waals surface area contributed by atoms with Crippen LogP contribution in [0.3, 0.4) is 0 Å². The van der Waals surface area contributed by atoms with Crippen LogP contribution in [0, 0.1) is 5.92 Å². The van der Waals surface area contributed by atoms with Crippen LogP contribution in [0.1, 0.15) is 36.2 Å². The second kappa shape index (κ2) is 6.81. The molecular formula is C20H19ClN2O2. The van der Waals surface area contributed by atoms with Crippen molar-refractivity contribution in [3.8, 4) is 0 Å². The monoisotopic (exact) mass is 354 g/mol. The van der Waals surface area contributed by atoms with E-state index < -0.39 is 5.54 Å². The van der Waals surface area contributed by atoms with Gasteiger partial charge < -0.3 is 5.32 Å². The molecule has 0 aliphatic carbocycles. The lowest BCUT2D eigenvalue weighted by atomic mass is 9.84. The quantitative estimate of drug-likeness (QED) is 0.814. The van der Waals surface area contributed by atoms with Gasteiger partial charge in [0.1, 0.15) is 0 Å². The molecule has 3 rings (SSSR count). The summed E-state index contributed by atoms with van der Waals surface area (Å²) in [4.78, 5) is 30.1. The van der Waals surface area contributed by atoms with Gasteiger partial charge >= 0.3 is 0 Å². The largest absolute Gasteiger partial charge is 0.335 e. The fraction of sp³-hybridized carbons (Fsp3) is 0.250. The molecule has 0 bridgehead atoms. The van der Waals surface area contributed by atoms with E-state index in [1.165, 1.54) is 6.21 Å². The number of halogens is 1. The molecule has 0 radical (unpaired) electrons. The Morgan fingerprint density at radius 2 is 1.88 bits per heavy atom. The van der Waals surface area contributed by atoms with Gasteiger partial charge in [-0.2, -0.15) is 0 Å². The first-order valence-corrected chi connectivity index (χ1v) is 8.56. The van der Waals surface area contributed by atoms with E-state index in [9.17, 15) is 9.59 Å². The summed E-state index contributed by atoms with van der Waals surface area (Å²) in [6.45, 7) is 3.92. The molecule has 2 aromatic rings. The number of ketones is 1. The van der Waals surface area contributed by atoms with Crippen molar-refractivity contribution in [1.82, 2.24) is 5.32 Å². The number of aliphatic imine (C=N–C) groups is 1. The third kappa shape index (κ3) is 3.35. The second-order valence-electron chi connectivity index (χ2n) is 6.57. The van der Waals surface area contributed by atoms with E-state index in [2.05, 4.69) is 10.3 Å². The molecule has 1 heterocycles. The molecule has 0 aromatic heterocycles. The number of nitrogens with zero attached hydrogens (tertiary/aromatic N) is 1. The van der Waals surface area contributed by atoms with Gasteiger partial charge in [0.2, 0.25) is 5.91 Å². The number of rotatable bonds is 5. The summed E-state index contributed by atoms with van der Waals surface area (Å²) in [6.07, 6.45) is 1.85. The number of hydrogen-bond donors (Lipinski definition) is 1. The summed E-state index contributed by atoms with van der Waals surface area (Å²) in [5.41, 5.74) is 0.457. The molecule has 1 unspecified atom stereocenters. The van der Waals surface area contributed by atoms with Crippen molar-refractivity contribution in [2.45, 2.75) is 25.8 Å². The Morgan fingerprint density at radius 3 is 2.56 bits per heavy atom. The van der Waals surface area contributed by atoms with E-state index in [0.717, 1.165) is 0 Å². The Bertz CT molecular complexity index is 846. The molecule has 0 spiro atoms. The van der Waals surface area contributed by atoms with Crippen molar-refractivity contribution in [1.29, 1.82) is 0 Å².